The molecule has 78 valence electrons. The lowest BCUT2D eigenvalue weighted by atomic mass is 10.3. The fourth-order valence-electron chi connectivity index (χ4n) is 1.32. The molecule has 1 amide bonds. The molecule has 0 bridgehead atoms. The maximum absolute atomic E-state index is 11.6. The molecule has 1 aliphatic rings. The third-order valence-electron chi connectivity index (χ3n) is 2.04. The molecule has 15 heavy (non-hydrogen) atoms. The highest BCUT2D eigenvalue weighted by Crippen LogP contribution is 2.03. The Morgan fingerprint density at radius 1 is 1.67 bits per heavy atom. The molecule has 1 aliphatic heterocycles. The average Bonchev–Trinajstić information content (AvgIpc) is 2.66. The van der Waals surface area contributed by atoms with Gasteiger partial charge in [-0.2, -0.15) is 0 Å². The molecule has 1 atom stereocenters. The first-order valence-corrected chi connectivity index (χ1v) is 4.78. The topological polar surface area (TPSA) is 66.4 Å². The summed E-state index contributed by atoms with van der Waals surface area (Å²) in [6, 6.07) is 3.78. The molecular formula is C10H12N4O. The summed E-state index contributed by atoms with van der Waals surface area (Å²) in [6.45, 7) is 2.63. The molecule has 5 heteroatoms. The predicted molar refractivity (Wildman–Crippen MR) is 57.8 cm³/mol. The molecule has 0 fully saturated rings. The number of aliphatic imine (C=N–C) groups is 1. The van der Waals surface area contributed by atoms with Gasteiger partial charge in [0.1, 0.15) is 0 Å². The molecule has 5 nitrogen and oxygen atoms in total. The summed E-state index contributed by atoms with van der Waals surface area (Å²) in [7, 11) is 0. The molecule has 0 saturated carbocycles. The minimum atomic E-state index is -0.215. The SMILES string of the molecule is CC1CN=C(C(=O)Nc2cccnc2)N1. The maximum Gasteiger partial charge on any atom is 0.290 e. The van der Waals surface area contributed by atoms with Gasteiger partial charge in [0.25, 0.3) is 5.91 Å². The Morgan fingerprint density at radius 3 is 3.13 bits per heavy atom. The van der Waals surface area contributed by atoms with Gasteiger partial charge in [-0.3, -0.25) is 14.8 Å². The van der Waals surface area contributed by atoms with E-state index >= 15 is 0 Å². The molecule has 0 saturated heterocycles. The summed E-state index contributed by atoms with van der Waals surface area (Å²) < 4.78 is 0. The van der Waals surface area contributed by atoms with Crippen molar-refractivity contribution in [2.24, 2.45) is 4.99 Å². The van der Waals surface area contributed by atoms with Crippen molar-refractivity contribution in [3.05, 3.63) is 24.5 Å². The van der Waals surface area contributed by atoms with Crippen molar-refractivity contribution in [1.82, 2.24) is 10.3 Å². The average molecular weight is 204 g/mol. The zero-order valence-electron chi connectivity index (χ0n) is 8.40. The van der Waals surface area contributed by atoms with Gasteiger partial charge in [0.05, 0.1) is 18.4 Å². The van der Waals surface area contributed by atoms with Crippen LogP contribution in [0.1, 0.15) is 6.92 Å². The van der Waals surface area contributed by atoms with Crippen molar-refractivity contribution in [3.8, 4) is 0 Å². The summed E-state index contributed by atoms with van der Waals surface area (Å²) >= 11 is 0. The van der Waals surface area contributed by atoms with E-state index in [-0.39, 0.29) is 11.9 Å². The van der Waals surface area contributed by atoms with Crippen LogP contribution in [-0.2, 0) is 4.79 Å². The summed E-state index contributed by atoms with van der Waals surface area (Å²) in [5, 5.41) is 5.70. The van der Waals surface area contributed by atoms with Gasteiger partial charge >= 0.3 is 0 Å². The number of hydrogen-bond acceptors (Lipinski definition) is 4. The standard InChI is InChI=1S/C10H12N4O/c1-7-5-12-9(13-7)10(15)14-8-3-2-4-11-6-8/h2-4,6-7H,5H2,1H3,(H,12,13)(H,14,15). The Kier molecular flexibility index (Phi) is 2.62. The van der Waals surface area contributed by atoms with Crippen molar-refractivity contribution in [2.75, 3.05) is 11.9 Å². The summed E-state index contributed by atoms with van der Waals surface area (Å²) in [5.74, 6) is 0.179. The van der Waals surface area contributed by atoms with E-state index in [1.807, 2.05) is 6.92 Å². The number of pyridine rings is 1. The zero-order valence-corrected chi connectivity index (χ0v) is 8.40. The molecule has 1 aromatic heterocycles. The van der Waals surface area contributed by atoms with Crippen LogP contribution in [0.25, 0.3) is 0 Å². The Bertz CT molecular complexity index is 388. The summed E-state index contributed by atoms with van der Waals surface area (Å²) in [6.07, 6.45) is 3.25. The number of nitrogens with zero attached hydrogens (tertiary/aromatic N) is 2. The highest BCUT2D eigenvalue weighted by Gasteiger charge is 2.19. The van der Waals surface area contributed by atoms with E-state index in [0.29, 0.717) is 18.1 Å². The van der Waals surface area contributed by atoms with E-state index in [0.717, 1.165) is 0 Å². The number of rotatable bonds is 2. The van der Waals surface area contributed by atoms with E-state index in [9.17, 15) is 4.79 Å². The number of hydrogen-bond donors (Lipinski definition) is 2. The Hall–Kier alpha value is -1.91. The van der Waals surface area contributed by atoms with Crippen molar-refractivity contribution in [1.29, 1.82) is 0 Å². The Balaban J connectivity index is 1.99. The predicted octanol–water partition coefficient (Wildman–Crippen LogP) is 0.410. The first kappa shape index (κ1) is 9.64. The molecular weight excluding hydrogens is 192 g/mol. The van der Waals surface area contributed by atoms with Gasteiger partial charge in [-0.25, -0.2) is 0 Å². The van der Waals surface area contributed by atoms with Crippen LogP contribution >= 0.6 is 0 Å². The maximum atomic E-state index is 11.6. The molecule has 2 N–H and O–H groups in total. The van der Waals surface area contributed by atoms with Crippen LogP contribution in [0.15, 0.2) is 29.5 Å². The molecule has 2 heterocycles. The van der Waals surface area contributed by atoms with Gasteiger partial charge in [-0.15, -0.1) is 0 Å². The van der Waals surface area contributed by atoms with Gasteiger partial charge in [-0.1, -0.05) is 0 Å². The Morgan fingerprint density at radius 2 is 2.53 bits per heavy atom. The lowest BCUT2D eigenvalue weighted by molar-refractivity contribution is -0.110. The third kappa shape index (κ3) is 2.31. The summed E-state index contributed by atoms with van der Waals surface area (Å²) in [5.41, 5.74) is 0.673. The van der Waals surface area contributed by atoms with Crippen LogP contribution in [0, 0.1) is 0 Å². The number of carbonyl (C=O) groups excluding carboxylic acids is 1. The van der Waals surface area contributed by atoms with Gasteiger partial charge in [0, 0.05) is 12.2 Å². The molecule has 0 radical (unpaired) electrons. The molecule has 0 aliphatic carbocycles. The number of aromatic nitrogens is 1. The minimum absolute atomic E-state index is 0.215. The van der Waals surface area contributed by atoms with Crippen LogP contribution < -0.4 is 10.6 Å². The second-order valence-electron chi connectivity index (χ2n) is 3.43. The van der Waals surface area contributed by atoms with Crippen LogP contribution in [0.4, 0.5) is 5.69 Å². The van der Waals surface area contributed by atoms with E-state index in [2.05, 4.69) is 20.6 Å². The second-order valence-corrected chi connectivity index (χ2v) is 3.43. The van der Waals surface area contributed by atoms with E-state index in [1.54, 1.807) is 24.5 Å². The molecule has 0 aromatic carbocycles. The highest BCUT2D eigenvalue weighted by molar-refractivity contribution is 6.42. The van der Waals surface area contributed by atoms with Gasteiger partial charge < -0.3 is 10.6 Å². The third-order valence-corrected chi connectivity index (χ3v) is 2.04. The fraction of sp³-hybridized carbons (Fsp3) is 0.300. The number of nitrogens with one attached hydrogen (secondary N) is 2. The number of amidine groups is 1. The van der Waals surface area contributed by atoms with Gasteiger partial charge in [0.15, 0.2) is 5.84 Å². The van der Waals surface area contributed by atoms with Crippen LogP contribution in [0.3, 0.4) is 0 Å². The monoisotopic (exact) mass is 204 g/mol. The zero-order chi connectivity index (χ0) is 10.7. The lowest BCUT2D eigenvalue weighted by Crippen LogP contribution is -2.36. The number of anilines is 1. The lowest BCUT2D eigenvalue weighted by Gasteiger charge is -2.06. The molecule has 1 aromatic rings. The smallest absolute Gasteiger partial charge is 0.290 e. The van der Waals surface area contributed by atoms with Crippen LogP contribution in [0.2, 0.25) is 0 Å². The van der Waals surface area contributed by atoms with Crippen molar-refractivity contribution < 1.29 is 4.79 Å². The van der Waals surface area contributed by atoms with Crippen molar-refractivity contribution >= 4 is 17.4 Å². The first-order valence-electron chi connectivity index (χ1n) is 4.78. The molecule has 2 rings (SSSR count). The van der Waals surface area contributed by atoms with Crippen LogP contribution in [0.5, 0.6) is 0 Å². The van der Waals surface area contributed by atoms with E-state index < -0.39 is 0 Å². The van der Waals surface area contributed by atoms with Crippen molar-refractivity contribution in [3.63, 3.8) is 0 Å². The van der Waals surface area contributed by atoms with Crippen molar-refractivity contribution in [2.45, 2.75) is 13.0 Å². The van der Waals surface area contributed by atoms with Crippen LogP contribution in [-0.4, -0.2) is 29.3 Å². The van der Waals surface area contributed by atoms with E-state index in [1.165, 1.54) is 0 Å². The fourth-order valence-corrected chi connectivity index (χ4v) is 1.32. The Labute approximate surface area is 87.6 Å². The second kappa shape index (κ2) is 4.08. The molecule has 0 spiro atoms. The first-order chi connectivity index (χ1) is 7.25. The highest BCUT2D eigenvalue weighted by atomic mass is 16.2. The summed E-state index contributed by atoms with van der Waals surface area (Å²) in [4.78, 5) is 19.6. The minimum Gasteiger partial charge on any atom is -0.361 e. The largest absolute Gasteiger partial charge is 0.361 e. The number of amides is 1. The molecule has 1 unspecified atom stereocenters. The van der Waals surface area contributed by atoms with E-state index in [4.69, 9.17) is 0 Å². The van der Waals surface area contributed by atoms with Gasteiger partial charge in [-0.05, 0) is 19.1 Å². The van der Waals surface area contributed by atoms with Gasteiger partial charge in [0.2, 0.25) is 0 Å². The normalized spacial score (nSPS) is 19.3. The quantitative estimate of drug-likeness (QED) is 0.733. The number of carbonyl (C=O) groups is 1.